The first-order valence-electron chi connectivity index (χ1n) is 9.20. The molecule has 27 heavy (non-hydrogen) atoms. The molecule has 0 atom stereocenters. The third-order valence-electron chi connectivity index (χ3n) is 4.96. The van der Waals surface area contributed by atoms with Crippen LogP contribution in [-0.4, -0.2) is 17.8 Å². The van der Waals surface area contributed by atoms with Crippen LogP contribution in [0.2, 0.25) is 0 Å². The summed E-state index contributed by atoms with van der Waals surface area (Å²) in [6.07, 6.45) is 0. The predicted molar refractivity (Wildman–Crippen MR) is 113 cm³/mol. The molecule has 0 unspecified atom stereocenters. The molecular weight excluding hydrogens is 327 g/mol. The van der Waals surface area contributed by atoms with Gasteiger partial charge in [0.2, 0.25) is 0 Å². The highest BCUT2D eigenvalue weighted by molar-refractivity contribution is 6.30. The molecule has 3 heteroatoms. The number of aromatic nitrogens is 2. The van der Waals surface area contributed by atoms with Gasteiger partial charge in [-0.05, 0) is 41.8 Å². The second-order valence-electron chi connectivity index (χ2n) is 6.81. The molecule has 0 aliphatic rings. The van der Waals surface area contributed by atoms with Crippen molar-refractivity contribution in [2.24, 2.45) is 0 Å². The van der Waals surface area contributed by atoms with Gasteiger partial charge in [0.1, 0.15) is 5.41 Å². The van der Waals surface area contributed by atoms with Crippen molar-refractivity contribution in [3.05, 3.63) is 125 Å². The first-order valence-corrected chi connectivity index (χ1v) is 9.20. The Kier molecular flexibility index (Phi) is 4.60. The minimum Gasteiger partial charge on any atom is -0.267 e. The second-order valence-corrected chi connectivity index (χ2v) is 6.81. The first kappa shape index (κ1) is 17.2. The highest BCUT2D eigenvalue weighted by Crippen LogP contribution is 2.43. The fraction of sp³-hybridized carbons (Fsp3) is 0.0833. The third kappa shape index (κ3) is 3.06. The Morgan fingerprint density at radius 1 is 0.593 bits per heavy atom. The number of benzene rings is 2. The van der Waals surface area contributed by atoms with Crippen molar-refractivity contribution in [1.82, 2.24) is 9.97 Å². The normalized spacial score (nSPS) is 11.3. The van der Waals surface area contributed by atoms with Gasteiger partial charge in [0.15, 0.2) is 7.85 Å². The zero-order chi connectivity index (χ0) is 18.7. The molecular formula is C24H21BN2. The zero-order valence-electron chi connectivity index (χ0n) is 15.6. The lowest BCUT2D eigenvalue weighted by atomic mass is 9.69. The van der Waals surface area contributed by atoms with Crippen LogP contribution in [0.25, 0.3) is 0 Å². The maximum Gasteiger partial charge on any atom is 0.163 e. The van der Waals surface area contributed by atoms with Crippen LogP contribution in [-0.2, 0) is 5.41 Å². The fourth-order valence-electron chi connectivity index (χ4n) is 3.77. The van der Waals surface area contributed by atoms with Gasteiger partial charge in [0.05, 0.1) is 11.4 Å². The molecule has 130 valence electrons. The van der Waals surface area contributed by atoms with E-state index in [-0.39, 0.29) is 0 Å². The summed E-state index contributed by atoms with van der Waals surface area (Å²) in [4.78, 5) is 9.93. The quantitative estimate of drug-likeness (QED) is 0.528. The molecule has 0 radical (unpaired) electrons. The Hall–Kier alpha value is -3.20. The SMILES string of the molecule is Bc1cccc(C(c2ccccc2)(c2ccccc2)c2cccc(C)n2)n1. The Morgan fingerprint density at radius 2 is 1.11 bits per heavy atom. The van der Waals surface area contributed by atoms with Crippen molar-refractivity contribution >= 4 is 13.4 Å². The van der Waals surface area contributed by atoms with Gasteiger partial charge in [-0.25, -0.2) is 0 Å². The van der Waals surface area contributed by atoms with Crippen molar-refractivity contribution in [3.8, 4) is 0 Å². The van der Waals surface area contributed by atoms with E-state index >= 15 is 0 Å². The molecule has 0 fully saturated rings. The Balaban J connectivity index is 2.16. The molecule has 2 nitrogen and oxygen atoms in total. The third-order valence-corrected chi connectivity index (χ3v) is 4.96. The average molecular weight is 348 g/mol. The van der Waals surface area contributed by atoms with Gasteiger partial charge in [0.25, 0.3) is 0 Å². The van der Waals surface area contributed by atoms with Crippen LogP contribution in [0.1, 0.15) is 28.2 Å². The van der Waals surface area contributed by atoms with E-state index in [0.717, 1.165) is 33.8 Å². The van der Waals surface area contributed by atoms with Gasteiger partial charge in [-0.2, -0.15) is 0 Å². The fourth-order valence-corrected chi connectivity index (χ4v) is 3.77. The van der Waals surface area contributed by atoms with Crippen molar-refractivity contribution < 1.29 is 0 Å². The lowest BCUT2D eigenvalue weighted by Gasteiger charge is -2.35. The van der Waals surface area contributed by atoms with Gasteiger partial charge >= 0.3 is 0 Å². The number of aryl methyl sites for hydroxylation is 1. The standard InChI is InChI=1S/C24H21BN2/c1-18-10-8-15-21(26-18)24(19-11-4-2-5-12-19,20-13-6-3-7-14-20)22-16-9-17-23(25)27-22/h2-17H,25H2,1H3. The smallest absolute Gasteiger partial charge is 0.163 e. The molecule has 0 saturated carbocycles. The second kappa shape index (κ2) is 7.20. The molecule has 0 aliphatic heterocycles. The monoisotopic (exact) mass is 348 g/mol. The van der Waals surface area contributed by atoms with Gasteiger partial charge < -0.3 is 0 Å². The van der Waals surface area contributed by atoms with E-state index in [4.69, 9.17) is 9.97 Å². The van der Waals surface area contributed by atoms with Gasteiger partial charge in [-0.15, -0.1) is 0 Å². The van der Waals surface area contributed by atoms with E-state index in [0.29, 0.717) is 0 Å². The molecule has 0 spiro atoms. The minimum atomic E-state index is -0.569. The van der Waals surface area contributed by atoms with Crippen molar-refractivity contribution in [3.63, 3.8) is 0 Å². The van der Waals surface area contributed by atoms with E-state index in [1.165, 1.54) is 0 Å². The molecule has 0 aliphatic carbocycles. The van der Waals surface area contributed by atoms with E-state index in [1.54, 1.807) is 0 Å². The summed E-state index contributed by atoms with van der Waals surface area (Å²) < 4.78 is 0. The van der Waals surface area contributed by atoms with Crippen LogP contribution < -0.4 is 5.59 Å². The van der Waals surface area contributed by atoms with Gasteiger partial charge in [-0.3, -0.25) is 9.97 Å². The van der Waals surface area contributed by atoms with Gasteiger partial charge in [-0.1, -0.05) is 78.9 Å². The van der Waals surface area contributed by atoms with Crippen LogP contribution in [0.3, 0.4) is 0 Å². The number of rotatable bonds is 4. The molecule has 2 aromatic carbocycles. The van der Waals surface area contributed by atoms with E-state index < -0.39 is 5.41 Å². The highest BCUT2D eigenvalue weighted by atomic mass is 14.8. The van der Waals surface area contributed by atoms with Crippen molar-refractivity contribution in [1.29, 1.82) is 0 Å². The Bertz CT molecular complexity index is 959. The molecule has 0 N–H and O–H groups in total. The first-order chi connectivity index (χ1) is 13.2. The molecule has 0 amide bonds. The summed E-state index contributed by atoms with van der Waals surface area (Å²) in [6.45, 7) is 2.04. The summed E-state index contributed by atoms with van der Waals surface area (Å²) >= 11 is 0. The lowest BCUT2D eigenvalue weighted by Crippen LogP contribution is -2.34. The van der Waals surface area contributed by atoms with E-state index in [1.807, 2.05) is 39.0 Å². The van der Waals surface area contributed by atoms with Crippen LogP contribution in [0, 0.1) is 6.92 Å². The highest BCUT2D eigenvalue weighted by Gasteiger charge is 2.41. The summed E-state index contributed by atoms with van der Waals surface area (Å²) in [5, 5.41) is 0. The summed E-state index contributed by atoms with van der Waals surface area (Å²) in [6, 6.07) is 33.5. The number of pyridine rings is 2. The lowest BCUT2D eigenvalue weighted by molar-refractivity contribution is 0.686. The maximum atomic E-state index is 4.96. The summed E-state index contributed by atoms with van der Waals surface area (Å²) in [5.41, 5.74) is 5.71. The average Bonchev–Trinajstić information content (AvgIpc) is 2.71. The Morgan fingerprint density at radius 3 is 1.63 bits per heavy atom. The molecule has 4 rings (SSSR count). The van der Waals surface area contributed by atoms with Crippen LogP contribution >= 0.6 is 0 Å². The maximum absolute atomic E-state index is 4.96. The van der Waals surface area contributed by atoms with E-state index in [9.17, 15) is 0 Å². The molecule has 0 saturated heterocycles. The molecule has 2 aromatic heterocycles. The predicted octanol–water partition coefficient (Wildman–Crippen LogP) is 3.43. The summed E-state index contributed by atoms with van der Waals surface area (Å²) in [5.74, 6) is 0. The van der Waals surface area contributed by atoms with Crippen molar-refractivity contribution in [2.45, 2.75) is 12.3 Å². The van der Waals surface area contributed by atoms with E-state index in [2.05, 4.69) is 72.8 Å². The molecule has 2 heterocycles. The van der Waals surface area contributed by atoms with Crippen LogP contribution in [0.15, 0.2) is 97.1 Å². The Labute approximate surface area is 161 Å². The van der Waals surface area contributed by atoms with Crippen molar-refractivity contribution in [2.75, 3.05) is 0 Å². The number of nitrogens with zero attached hydrogens (tertiary/aromatic N) is 2. The van der Waals surface area contributed by atoms with Gasteiger partial charge in [0, 0.05) is 5.69 Å². The zero-order valence-corrected chi connectivity index (χ0v) is 15.6. The summed E-state index contributed by atoms with van der Waals surface area (Å²) in [7, 11) is 2.04. The van der Waals surface area contributed by atoms with Crippen LogP contribution in [0.5, 0.6) is 0 Å². The molecule has 0 bridgehead atoms. The number of hydrogen-bond donors (Lipinski definition) is 0. The van der Waals surface area contributed by atoms with Crippen LogP contribution in [0.4, 0.5) is 0 Å². The largest absolute Gasteiger partial charge is 0.267 e. The topological polar surface area (TPSA) is 25.8 Å². The molecule has 4 aromatic rings. The minimum absolute atomic E-state index is 0.569. The number of hydrogen-bond acceptors (Lipinski definition) is 2.